The third-order valence-electron chi connectivity index (χ3n) is 4.01. The molecule has 1 aromatic carbocycles. The van der Waals surface area contributed by atoms with E-state index in [9.17, 15) is 4.79 Å². The molecule has 0 saturated carbocycles. The molecule has 1 atom stereocenters. The number of thiophene rings is 1. The van der Waals surface area contributed by atoms with Crippen LogP contribution in [0.15, 0.2) is 41.0 Å². The summed E-state index contributed by atoms with van der Waals surface area (Å²) >= 11 is 2.99. The van der Waals surface area contributed by atoms with Gasteiger partial charge in [-0.1, -0.05) is 17.8 Å². The van der Waals surface area contributed by atoms with Crippen molar-refractivity contribution >= 4 is 39.2 Å². The zero-order valence-electron chi connectivity index (χ0n) is 14.1. The Morgan fingerprint density at radius 3 is 3.00 bits per heavy atom. The number of benzene rings is 1. The van der Waals surface area contributed by atoms with E-state index < -0.39 is 0 Å². The first-order chi connectivity index (χ1) is 12.7. The van der Waals surface area contributed by atoms with Gasteiger partial charge in [-0.05, 0) is 36.1 Å². The number of fused-ring (bicyclic) bond motifs is 2. The van der Waals surface area contributed by atoms with Gasteiger partial charge in [0.1, 0.15) is 29.4 Å². The zero-order valence-corrected chi connectivity index (χ0v) is 15.7. The van der Waals surface area contributed by atoms with E-state index in [1.165, 1.54) is 18.1 Å². The number of amides is 1. The number of aromatic nitrogens is 2. The summed E-state index contributed by atoms with van der Waals surface area (Å²) in [5, 5.41) is 6.83. The van der Waals surface area contributed by atoms with E-state index in [1.807, 2.05) is 36.6 Å². The third kappa shape index (κ3) is 3.61. The molecule has 2 aromatic heterocycles. The summed E-state index contributed by atoms with van der Waals surface area (Å²) < 4.78 is 11.1. The Bertz CT molecular complexity index is 944. The molecule has 0 aliphatic carbocycles. The number of hydrogen-bond acceptors (Lipinski definition) is 7. The van der Waals surface area contributed by atoms with E-state index in [-0.39, 0.29) is 11.9 Å². The molecule has 26 heavy (non-hydrogen) atoms. The second-order valence-electron chi connectivity index (χ2n) is 5.80. The summed E-state index contributed by atoms with van der Waals surface area (Å²) in [6, 6.07) is 7.62. The minimum Gasteiger partial charge on any atom is -0.486 e. The molecule has 1 aliphatic rings. The maximum absolute atomic E-state index is 12.3. The number of ether oxygens (including phenoxy) is 2. The van der Waals surface area contributed by atoms with Gasteiger partial charge < -0.3 is 14.8 Å². The second-order valence-corrected chi connectivity index (χ2v) is 7.66. The van der Waals surface area contributed by atoms with E-state index in [2.05, 4.69) is 15.3 Å². The Morgan fingerprint density at radius 1 is 1.27 bits per heavy atom. The molecular weight excluding hydrogens is 370 g/mol. The molecule has 3 aromatic rings. The number of nitrogens with zero attached hydrogens (tertiary/aromatic N) is 2. The molecule has 0 spiro atoms. The van der Waals surface area contributed by atoms with Crippen molar-refractivity contribution in [1.29, 1.82) is 0 Å². The van der Waals surface area contributed by atoms with E-state index >= 15 is 0 Å². The maximum Gasteiger partial charge on any atom is 0.230 e. The largest absolute Gasteiger partial charge is 0.486 e. The molecule has 1 unspecified atom stereocenters. The molecule has 6 nitrogen and oxygen atoms in total. The summed E-state index contributed by atoms with van der Waals surface area (Å²) in [4.78, 5) is 21.8. The molecule has 1 aliphatic heterocycles. The first kappa shape index (κ1) is 17.1. The number of hydrogen-bond donors (Lipinski definition) is 1. The van der Waals surface area contributed by atoms with Crippen LogP contribution in [0.1, 0.15) is 18.5 Å². The molecule has 0 radical (unpaired) electrons. The third-order valence-corrected chi connectivity index (χ3v) is 5.83. The molecule has 0 fully saturated rings. The monoisotopic (exact) mass is 387 g/mol. The number of nitrogens with one attached hydrogen (secondary N) is 1. The maximum atomic E-state index is 12.3. The Hall–Kier alpha value is -2.32. The molecular formula is C18H17N3O3S2. The average molecular weight is 387 g/mol. The molecule has 4 rings (SSSR count). The lowest BCUT2D eigenvalue weighted by Gasteiger charge is -2.21. The van der Waals surface area contributed by atoms with Crippen molar-refractivity contribution in [1.82, 2.24) is 15.3 Å². The molecule has 1 amide bonds. The first-order valence-electron chi connectivity index (χ1n) is 8.20. The highest BCUT2D eigenvalue weighted by Gasteiger charge is 2.16. The highest BCUT2D eigenvalue weighted by atomic mass is 32.2. The van der Waals surface area contributed by atoms with Crippen LogP contribution in [0, 0.1) is 0 Å². The van der Waals surface area contributed by atoms with Crippen molar-refractivity contribution in [3.63, 3.8) is 0 Å². The predicted molar refractivity (Wildman–Crippen MR) is 102 cm³/mol. The van der Waals surface area contributed by atoms with Gasteiger partial charge in [-0.15, -0.1) is 11.3 Å². The number of carbonyl (C=O) groups excluding carboxylic acids is 1. The van der Waals surface area contributed by atoms with E-state index in [1.54, 1.807) is 11.3 Å². The smallest absolute Gasteiger partial charge is 0.230 e. The summed E-state index contributed by atoms with van der Waals surface area (Å²) in [5.74, 6) is 1.73. The fourth-order valence-electron chi connectivity index (χ4n) is 2.71. The highest BCUT2D eigenvalue weighted by Crippen LogP contribution is 2.32. The van der Waals surface area contributed by atoms with Crippen LogP contribution in [0.4, 0.5) is 0 Å². The Labute approximate surface area is 158 Å². The van der Waals surface area contributed by atoms with Crippen LogP contribution >= 0.6 is 23.1 Å². The van der Waals surface area contributed by atoms with Crippen LogP contribution in [0.5, 0.6) is 11.5 Å². The molecule has 0 saturated heterocycles. The van der Waals surface area contributed by atoms with Crippen LogP contribution < -0.4 is 14.8 Å². The topological polar surface area (TPSA) is 73.3 Å². The predicted octanol–water partition coefficient (Wildman–Crippen LogP) is 3.43. The molecule has 3 heterocycles. The van der Waals surface area contributed by atoms with E-state index in [0.717, 1.165) is 32.3 Å². The van der Waals surface area contributed by atoms with Gasteiger partial charge >= 0.3 is 0 Å². The standard InChI is InChI=1S/C18H17N3O3S2/c1-11(12-2-3-14-15(8-12)24-6-5-23-14)21-16(22)9-26-18-13-4-7-25-17(13)19-10-20-18/h2-4,7-8,10-11H,5-6,9H2,1H3,(H,21,22). The lowest BCUT2D eigenvalue weighted by atomic mass is 10.1. The second kappa shape index (κ2) is 7.51. The number of thioether (sulfide) groups is 1. The van der Waals surface area contributed by atoms with E-state index in [4.69, 9.17) is 9.47 Å². The minimum atomic E-state index is -0.120. The summed E-state index contributed by atoms with van der Waals surface area (Å²) in [6.45, 7) is 3.07. The minimum absolute atomic E-state index is 0.0422. The van der Waals surface area contributed by atoms with Crippen molar-refractivity contribution < 1.29 is 14.3 Å². The Kier molecular flexibility index (Phi) is 4.94. The molecule has 1 N–H and O–H groups in total. The van der Waals surface area contributed by atoms with Crippen LogP contribution in [-0.2, 0) is 4.79 Å². The van der Waals surface area contributed by atoms with Gasteiger partial charge in [-0.2, -0.15) is 0 Å². The summed E-state index contributed by atoms with van der Waals surface area (Å²) in [6.07, 6.45) is 1.54. The van der Waals surface area contributed by atoms with E-state index in [0.29, 0.717) is 19.0 Å². The zero-order chi connectivity index (χ0) is 17.9. The van der Waals surface area contributed by atoms with Gasteiger partial charge in [0.25, 0.3) is 0 Å². The van der Waals surface area contributed by atoms with Crippen molar-refractivity contribution in [2.24, 2.45) is 0 Å². The quantitative estimate of drug-likeness (QED) is 0.534. The van der Waals surface area contributed by atoms with Crippen molar-refractivity contribution in [3.05, 3.63) is 41.5 Å². The van der Waals surface area contributed by atoms with Gasteiger partial charge in [0, 0.05) is 5.39 Å². The normalized spacial score (nSPS) is 14.2. The van der Waals surface area contributed by atoms with Crippen molar-refractivity contribution in [2.75, 3.05) is 19.0 Å². The molecule has 8 heteroatoms. The molecule has 134 valence electrons. The van der Waals surface area contributed by atoms with Gasteiger partial charge in [0.2, 0.25) is 5.91 Å². The SMILES string of the molecule is CC(NC(=O)CSc1ncnc2sccc12)c1ccc2c(c1)OCCO2. The Morgan fingerprint density at radius 2 is 2.12 bits per heavy atom. The average Bonchev–Trinajstić information content (AvgIpc) is 3.15. The van der Waals surface area contributed by atoms with Crippen LogP contribution in [0.25, 0.3) is 10.2 Å². The Balaban J connectivity index is 1.38. The lowest BCUT2D eigenvalue weighted by Crippen LogP contribution is -2.28. The summed E-state index contributed by atoms with van der Waals surface area (Å²) in [7, 11) is 0. The van der Waals surface area contributed by atoms with Crippen molar-refractivity contribution in [2.45, 2.75) is 18.0 Å². The summed E-state index contributed by atoms with van der Waals surface area (Å²) in [5.41, 5.74) is 0.981. The fraction of sp³-hybridized carbons (Fsp3) is 0.278. The van der Waals surface area contributed by atoms with Gasteiger partial charge in [0.15, 0.2) is 11.5 Å². The van der Waals surface area contributed by atoms with Crippen LogP contribution in [0.2, 0.25) is 0 Å². The fourth-order valence-corrected chi connectivity index (χ4v) is 4.30. The van der Waals surface area contributed by atoms with Crippen LogP contribution in [-0.4, -0.2) is 34.8 Å². The van der Waals surface area contributed by atoms with Gasteiger partial charge in [-0.3, -0.25) is 4.79 Å². The molecule has 0 bridgehead atoms. The van der Waals surface area contributed by atoms with Crippen LogP contribution in [0.3, 0.4) is 0 Å². The number of carbonyl (C=O) groups is 1. The van der Waals surface area contributed by atoms with Crippen molar-refractivity contribution in [3.8, 4) is 11.5 Å². The van der Waals surface area contributed by atoms with Gasteiger partial charge in [0.05, 0.1) is 11.8 Å². The highest BCUT2D eigenvalue weighted by molar-refractivity contribution is 8.00. The van der Waals surface area contributed by atoms with Gasteiger partial charge in [-0.25, -0.2) is 9.97 Å². The lowest BCUT2D eigenvalue weighted by molar-refractivity contribution is -0.119. The first-order valence-corrected chi connectivity index (χ1v) is 10.1. The number of rotatable bonds is 5.